The minimum atomic E-state index is -3.64. The summed E-state index contributed by atoms with van der Waals surface area (Å²) >= 11 is 0. The van der Waals surface area contributed by atoms with E-state index in [0.717, 1.165) is 36.5 Å². The van der Waals surface area contributed by atoms with E-state index in [4.69, 9.17) is 9.66 Å². The SMILES string of the molecule is NS(=O)(=O)c1ccc([C@@H]2C[C@H]2c2nc(C3CCCCC3)no2)cc1. The van der Waals surface area contributed by atoms with Crippen LogP contribution in [0.4, 0.5) is 0 Å². The highest BCUT2D eigenvalue weighted by Crippen LogP contribution is 2.54. The van der Waals surface area contributed by atoms with Gasteiger partial charge in [-0.15, -0.1) is 0 Å². The molecular formula is C17H21N3O3S. The predicted octanol–water partition coefficient (Wildman–Crippen LogP) is 3.04. The van der Waals surface area contributed by atoms with Gasteiger partial charge in [0.15, 0.2) is 5.82 Å². The highest BCUT2D eigenvalue weighted by atomic mass is 32.2. The van der Waals surface area contributed by atoms with Crippen molar-refractivity contribution in [3.8, 4) is 0 Å². The lowest BCUT2D eigenvalue weighted by Crippen LogP contribution is -2.11. The fourth-order valence-electron chi connectivity index (χ4n) is 3.67. The van der Waals surface area contributed by atoms with Crippen LogP contribution < -0.4 is 5.14 Å². The number of rotatable bonds is 4. The third kappa shape index (κ3) is 3.10. The number of sulfonamides is 1. The second kappa shape index (κ2) is 5.97. The molecule has 1 heterocycles. The second-order valence-electron chi connectivity index (χ2n) is 6.89. The molecule has 0 saturated heterocycles. The van der Waals surface area contributed by atoms with Gasteiger partial charge < -0.3 is 4.52 Å². The molecule has 2 fully saturated rings. The molecule has 2 N–H and O–H groups in total. The van der Waals surface area contributed by atoms with Gasteiger partial charge in [-0.25, -0.2) is 13.6 Å². The van der Waals surface area contributed by atoms with Crippen molar-refractivity contribution >= 4 is 10.0 Å². The Bertz CT molecular complexity index is 823. The zero-order chi connectivity index (χ0) is 16.7. The quantitative estimate of drug-likeness (QED) is 0.916. The first-order valence-electron chi connectivity index (χ1n) is 8.48. The van der Waals surface area contributed by atoms with Gasteiger partial charge >= 0.3 is 0 Å². The number of aromatic nitrogens is 2. The number of hydrogen-bond donors (Lipinski definition) is 1. The minimum absolute atomic E-state index is 0.140. The van der Waals surface area contributed by atoms with E-state index in [9.17, 15) is 8.42 Å². The Labute approximate surface area is 141 Å². The van der Waals surface area contributed by atoms with Crippen LogP contribution >= 0.6 is 0 Å². The maximum absolute atomic E-state index is 11.3. The van der Waals surface area contributed by atoms with Crippen LogP contribution in [-0.4, -0.2) is 18.6 Å². The van der Waals surface area contributed by atoms with E-state index < -0.39 is 10.0 Å². The highest BCUT2D eigenvalue weighted by Gasteiger charge is 2.44. The zero-order valence-corrected chi connectivity index (χ0v) is 14.2. The summed E-state index contributed by atoms with van der Waals surface area (Å²) in [5.41, 5.74) is 1.09. The van der Waals surface area contributed by atoms with E-state index in [-0.39, 0.29) is 10.8 Å². The first kappa shape index (κ1) is 15.8. The Morgan fingerprint density at radius 1 is 1.04 bits per heavy atom. The summed E-state index contributed by atoms with van der Waals surface area (Å²) < 4.78 is 28.1. The number of nitrogens with zero attached hydrogens (tertiary/aromatic N) is 2. The lowest BCUT2D eigenvalue weighted by molar-refractivity contribution is 0.357. The van der Waals surface area contributed by atoms with Crippen molar-refractivity contribution in [2.45, 2.75) is 61.2 Å². The van der Waals surface area contributed by atoms with Crippen molar-refractivity contribution < 1.29 is 12.9 Å². The van der Waals surface area contributed by atoms with E-state index in [1.807, 2.05) is 12.1 Å². The summed E-state index contributed by atoms with van der Waals surface area (Å²) in [6.45, 7) is 0. The summed E-state index contributed by atoms with van der Waals surface area (Å²) in [5.74, 6) is 2.59. The van der Waals surface area contributed by atoms with Crippen molar-refractivity contribution in [1.82, 2.24) is 10.1 Å². The Morgan fingerprint density at radius 2 is 1.75 bits per heavy atom. The van der Waals surface area contributed by atoms with Crippen LogP contribution in [0, 0.1) is 0 Å². The van der Waals surface area contributed by atoms with Gasteiger partial charge in [-0.3, -0.25) is 0 Å². The van der Waals surface area contributed by atoms with Crippen LogP contribution in [0.15, 0.2) is 33.7 Å². The Kier molecular flexibility index (Phi) is 3.92. The largest absolute Gasteiger partial charge is 0.339 e. The van der Waals surface area contributed by atoms with Gasteiger partial charge in [0.05, 0.1) is 4.90 Å². The van der Waals surface area contributed by atoms with E-state index in [1.165, 1.54) is 19.3 Å². The zero-order valence-electron chi connectivity index (χ0n) is 13.4. The van der Waals surface area contributed by atoms with Crippen LogP contribution in [0.25, 0.3) is 0 Å². The Morgan fingerprint density at radius 3 is 2.42 bits per heavy atom. The molecule has 6 nitrogen and oxygen atoms in total. The van der Waals surface area contributed by atoms with Crippen LogP contribution in [0.1, 0.15) is 73.6 Å². The minimum Gasteiger partial charge on any atom is -0.339 e. The van der Waals surface area contributed by atoms with Gasteiger partial charge in [0.1, 0.15) is 0 Å². The average Bonchev–Trinajstić information content (AvgIpc) is 3.23. The number of nitrogens with two attached hydrogens (primary N) is 1. The molecule has 0 aliphatic heterocycles. The molecule has 0 radical (unpaired) electrons. The molecule has 4 rings (SSSR count). The van der Waals surface area contributed by atoms with Crippen LogP contribution in [-0.2, 0) is 10.0 Å². The number of benzene rings is 1. The molecule has 1 aromatic heterocycles. The fraction of sp³-hybridized carbons (Fsp3) is 0.529. The van der Waals surface area contributed by atoms with Gasteiger partial charge in [-0.1, -0.05) is 36.6 Å². The summed E-state index contributed by atoms with van der Waals surface area (Å²) in [4.78, 5) is 4.77. The molecule has 2 aliphatic carbocycles. The number of hydrogen-bond acceptors (Lipinski definition) is 5. The molecule has 0 unspecified atom stereocenters. The summed E-state index contributed by atoms with van der Waals surface area (Å²) in [7, 11) is -3.64. The topological polar surface area (TPSA) is 99.1 Å². The highest BCUT2D eigenvalue weighted by molar-refractivity contribution is 7.89. The second-order valence-corrected chi connectivity index (χ2v) is 8.45. The van der Waals surface area contributed by atoms with Crippen LogP contribution in [0.5, 0.6) is 0 Å². The van der Waals surface area contributed by atoms with Crippen molar-refractivity contribution in [2.24, 2.45) is 5.14 Å². The van der Waals surface area contributed by atoms with Crippen molar-refractivity contribution in [3.05, 3.63) is 41.5 Å². The molecule has 1 aromatic carbocycles. The molecule has 24 heavy (non-hydrogen) atoms. The van der Waals surface area contributed by atoms with Crippen LogP contribution in [0.3, 0.4) is 0 Å². The van der Waals surface area contributed by atoms with E-state index in [0.29, 0.717) is 11.8 Å². The van der Waals surface area contributed by atoms with Gasteiger partial charge in [-0.05, 0) is 42.9 Å². The molecule has 2 aromatic rings. The molecule has 128 valence electrons. The lowest BCUT2D eigenvalue weighted by atomic mass is 9.89. The summed E-state index contributed by atoms with van der Waals surface area (Å²) in [5, 5.41) is 9.32. The Balaban J connectivity index is 1.45. The smallest absolute Gasteiger partial charge is 0.238 e. The summed E-state index contributed by atoms with van der Waals surface area (Å²) in [6, 6.07) is 6.76. The fourth-order valence-corrected chi connectivity index (χ4v) is 4.18. The van der Waals surface area contributed by atoms with E-state index in [1.54, 1.807) is 12.1 Å². The van der Waals surface area contributed by atoms with Gasteiger partial charge in [0.25, 0.3) is 0 Å². The van der Waals surface area contributed by atoms with E-state index in [2.05, 4.69) is 10.1 Å². The van der Waals surface area contributed by atoms with Gasteiger partial charge in [0, 0.05) is 11.8 Å². The standard InChI is InChI=1S/C17H21N3O3S/c18-24(21,22)13-8-6-11(7-9-13)14-10-15(14)17-19-16(20-23-17)12-4-2-1-3-5-12/h6-9,12,14-15H,1-5,10H2,(H2,18,21,22)/t14-,15+/m0/s1. The average molecular weight is 347 g/mol. The maximum atomic E-state index is 11.3. The monoisotopic (exact) mass is 347 g/mol. The molecule has 2 aliphatic rings. The molecule has 0 spiro atoms. The molecular weight excluding hydrogens is 326 g/mol. The molecule has 7 heteroatoms. The molecule has 2 saturated carbocycles. The summed E-state index contributed by atoms with van der Waals surface area (Å²) in [6.07, 6.45) is 7.07. The maximum Gasteiger partial charge on any atom is 0.238 e. The molecule has 2 atom stereocenters. The van der Waals surface area contributed by atoms with Crippen molar-refractivity contribution in [1.29, 1.82) is 0 Å². The first-order valence-corrected chi connectivity index (χ1v) is 10.0. The van der Waals surface area contributed by atoms with Gasteiger partial charge in [-0.2, -0.15) is 4.98 Å². The van der Waals surface area contributed by atoms with E-state index >= 15 is 0 Å². The molecule has 0 amide bonds. The van der Waals surface area contributed by atoms with Crippen LogP contribution in [0.2, 0.25) is 0 Å². The lowest BCUT2D eigenvalue weighted by Gasteiger charge is -2.17. The third-order valence-corrected chi connectivity index (χ3v) is 6.10. The third-order valence-electron chi connectivity index (χ3n) is 5.17. The van der Waals surface area contributed by atoms with Crippen molar-refractivity contribution in [3.63, 3.8) is 0 Å². The first-order chi connectivity index (χ1) is 11.5. The predicted molar refractivity (Wildman–Crippen MR) is 88.0 cm³/mol. The van der Waals surface area contributed by atoms with Gasteiger partial charge in [0.2, 0.25) is 15.9 Å². The molecule has 0 bridgehead atoms. The Hall–Kier alpha value is -1.73. The van der Waals surface area contributed by atoms with Crippen molar-refractivity contribution in [2.75, 3.05) is 0 Å². The normalized spacial score (nSPS) is 24.9. The number of primary sulfonamides is 1.